The predicted octanol–water partition coefficient (Wildman–Crippen LogP) is 3.19. The fourth-order valence-electron chi connectivity index (χ4n) is 2.74. The molecule has 1 aliphatic carbocycles. The second-order valence-electron chi connectivity index (χ2n) is 5.38. The van der Waals surface area contributed by atoms with Gasteiger partial charge >= 0.3 is 5.97 Å². The molecule has 0 spiro atoms. The number of aliphatic carboxylic acids is 1. The molecule has 2 unspecified atom stereocenters. The second-order valence-corrected chi connectivity index (χ2v) is 5.38. The molecule has 0 saturated heterocycles. The van der Waals surface area contributed by atoms with Gasteiger partial charge in [0.1, 0.15) is 11.4 Å². The lowest BCUT2D eigenvalue weighted by atomic mass is 9.95. The van der Waals surface area contributed by atoms with E-state index < -0.39 is 11.5 Å². The maximum Gasteiger partial charge on any atom is 0.329 e. The number of carboxylic acid groups (broad SMARTS) is 1. The molecule has 2 N–H and O–H groups in total. The number of nitrogens with one attached hydrogen (secondary N) is 1. The third kappa shape index (κ3) is 2.47. The van der Waals surface area contributed by atoms with E-state index in [4.69, 9.17) is 0 Å². The molecular weight excluding hydrogens is 233 g/mol. The molecule has 1 saturated carbocycles. The standard InChI is InChI=1S/C14H18FNO2/c1-9-3-4-14(8-9,13(17)18)16-12-6-10(2)5-11(15)7-12/h5-7,9,16H,3-4,8H2,1-2H3,(H,17,18). The number of benzene rings is 1. The van der Waals surface area contributed by atoms with Crippen LogP contribution in [0.2, 0.25) is 0 Å². The van der Waals surface area contributed by atoms with E-state index in [-0.39, 0.29) is 5.82 Å². The first-order valence-electron chi connectivity index (χ1n) is 6.20. The van der Waals surface area contributed by atoms with Gasteiger partial charge in [0.2, 0.25) is 0 Å². The van der Waals surface area contributed by atoms with Crippen molar-refractivity contribution in [3.05, 3.63) is 29.6 Å². The van der Waals surface area contributed by atoms with Gasteiger partial charge in [-0.15, -0.1) is 0 Å². The number of carbonyl (C=O) groups is 1. The molecular formula is C14H18FNO2. The molecule has 0 aromatic heterocycles. The first kappa shape index (κ1) is 12.9. The molecule has 1 aliphatic rings. The summed E-state index contributed by atoms with van der Waals surface area (Å²) in [6, 6.07) is 4.55. The first-order chi connectivity index (χ1) is 8.41. The first-order valence-corrected chi connectivity index (χ1v) is 6.20. The van der Waals surface area contributed by atoms with Gasteiger partial charge in [-0.3, -0.25) is 0 Å². The van der Waals surface area contributed by atoms with Crippen LogP contribution in [0.4, 0.5) is 10.1 Å². The van der Waals surface area contributed by atoms with Gasteiger partial charge in [0.25, 0.3) is 0 Å². The van der Waals surface area contributed by atoms with Gasteiger partial charge in [-0.1, -0.05) is 6.92 Å². The van der Waals surface area contributed by atoms with E-state index in [1.54, 1.807) is 13.0 Å². The number of hydrogen-bond acceptors (Lipinski definition) is 2. The van der Waals surface area contributed by atoms with Crippen LogP contribution < -0.4 is 5.32 Å². The van der Waals surface area contributed by atoms with Crippen molar-refractivity contribution in [1.29, 1.82) is 0 Å². The van der Waals surface area contributed by atoms with Crippen LogP contribution in [-0.4, -0.2) is 16.6 Å². The second kappa shape index (κ2) is 4.59. The lowest BCUT2D eigenvalue weighted by molar-refractivity contribution is -0.142. The topological polar surface area (TPSA) is 49.3 Å². The summed E-state index contributed by atoms with van der Waals surface area (Å²) in [5.41, 5.74) is 0.382. The number of carboxylic acids is 1. The van der Waals surface area contributed by atoms with Crippen molar-refractivity contribution in [2.24, 2.45) is 5.92 Å². The van der Waals surface area contributed by atoms with Crippen molar-refractivity contribution >= 4 is 11.7 Å². The summed E-state index contributed by atoms with van der Waals surface area (Å²) < 4.78 is 13.3. The average molecular weight is 251 g/mol. The Hall–Kier alpha value is -1.58. The molecule has 18 heavy (non-hydrogen) atoms. The molecule has 98 valence electrons. The molecule has 1 aromatic carbocycles. The molecule has 1 fully saturated rings. The maximum absolute atomic E-state index is 13.3. The third-order valence-electron chi connectivity index (χ3n) is 3.60. The van der Waals surface area contributed by atoms with Crippen LogP contribution in [0.1, 0.15) is 31.7 Å². The Morgan fingerprint density at radius 3 is 2.72 bits per heavy atom. The van der Waals surface area contributed by atoms with Crippen molar-refractivity contribution in [1.82, 2.24) is 0 Å². The zero-order valence-electron chi connectivity index (χ0n) is 10.7. The highest BCUT2D eigenvalue weighted by Gasteiger charge is 2.44. The van der Waals surface area contributed by atoms with Gasteiger partial charge in [0, 0.05) is 5.69 Å². The Morgan fingerprint density at radius 2 is 2.22 bits per heavy atom. The number of rotatable bonds is 3. The van der Waals surface area contributed by atoms with Gasteiger partial charge < -0.3 is 10.4 Å². The van der Waals surface area contributed by atoms with Crippen LogP contribution in [0.5, 0.6) is 0 Å². The predicted molar refractivity (Wildman–Crippen MR) is 68.1 cm³/mol. The summed E-state index contributed by atoms with van der Waals surface area (Å²) in [5.74, 6) is -0.818. The molecule has 1 aromatic rings. The van der Waals surface area contributed by atoms with Crippen molar-refractivity contribution in [3.63, 3.8) is 0 Å². The Kier molecular flexibility index (Phi) is 3.28. The molecule has 2 atom stereocenters. The van der Waals surface area contributed by atoms with E-state index in [2.05, 4.69) is 5.32 Å². The quantitative estimate of drug-likeness (QED) is 0.867. The highest BCUT2D eigenvalue weighted by Crippen LogP contribution is 2.37. The molecule has 2 rings (SSSR count). The smallest absolute Gasteiger partial charge is 0.329 e. The van der Waals surface area contributed by atoms with Crippen molar-refractivity contribution in [2.45, 2.75) is 38.6 Å². The summed E-state index contributed by atoms with van der Waals surface area (Å²) >= 11 is 0. The molecule has 0 heterocycles. The fourth-order valence-corrected chi connectivity index (χ4v) is 2.74. The van der Waals surface area contributed by atoms with Crippen molar-refractivity contribution < 1.29 is 14.3 Å². The Bertz CT molecular complexity index is 455. The van der Waals surface area contributed by atoms with E-state index in [1.165, 1.54) is 12.1 Å². The molecule has 4 heteroatoms. The highest BCUT2D eigenvalue weighted by molar-refractivity contribution is 5.83. The molecule has 0 bridgehead atoms. The van der Waals surface area contributed by atoms with Crippen LogP contribution in [0.25, 0.3) is 0 Å². The monoisotopic (exact) mass is 251 g/mol. The summed E-state index contributed by atoms with van der Waals surface area (Å²) in [6.07, 6.45) is 2.05. The van der Waals surface area contributed by atoms with E-state index in [0.717, 1.165) is 12.0 Å². The minimum absolute atomic E-state index is 0.343. The van der Waals surface area contributed by atoms with Gasteiger partial charge in [-0.05, 0) is 55.9 Å². The highest BCUT2D eigenvalue weighted by atomic mass is 19.1. The number of halogens is 1. The Morgan fingerprint density at radius 1 is 1.50 bits per heavy atom. The van der Waals surface area contributed by atoms with E-state index in [1.807, 2.05) is 6.92 Å². The lowest BCUT2D eigenvalue weighted by Gasteiger charge is -2.27. The Balaban J connectivity index is 2.27. The molecule has 0 radical (unpaired) electrons. The van der Waals surface area contributed by atoms with Crippen LogP contribution in [0.15, 0.2) is 18.2 Å². The lowest BCUT2D eigenvalue weighted by Crippen LogP contribution is -2.44. The van der Waals surface area contributed by atoms with Gasteiger partial charge in [0.05, 0.1) is 0 Å². The molecule has 0 amide bonds. The third-order valence-corrected chi connectivity index (χ3v) is 3.60. The molecule has 0 aliphatic heterocycles. The Labute approximate surface area is 106 Å². The zero-order chi connectivity index (χ0) is 13.3. The fraction of sp³-hybridized carbons (Fsp3) is 0.500. The summed E-state index contributed by atoms with van der Waals surface area (Å²) in [6.45, 7) is 3.84. The number of aryl methyl sites for hydroxylation is 1. The average Bonchev–Trinajstić information content (AvgIpc) is 2.59. The van der Waals surface area contributed by atoms with Gasteiger partial charge in [-0.2, -0.15) is 0 Å². The zero-order valence-corrected chi connectivity index (χ0v) is 10.7. The minimum Gasteiger partial charge on any atom is -0.480 e. The van der Waals surface area contributed by atoms with E-state index >= 15 is 0 Å². The summed E-state index contributed by atoms with van der Waals surface area (Å²) in [4.78, 5) is 11.5. The van der Waals surface area contributed by atoms with E-state index in [9.17, 15) is 14.3 Å². The normalized spacial score (nSPS) is 27.2. The van der Waals surface area contributed by atoms with Gasteiger partial charge in [-0.25, -0.2) is 9.18 Å². The summed E-state index contributed by atoms with van der Waals surface area (Å²) in [7, 11) is 0. The van der Waals surface area contributed by atoms with E-state index in [0.29, 0.717) is 24.4 Å². The van der Waals surface area contributed by atoms with Crippen molar-refractivity contribution in [3.8, 4) is 0 Å². The SMILES string of the molecule is Cc1cc(F)cc(NC2(C(=O)O)CCC(C)C2)c1. The van der Waals surface area contributed by atoms with Crippen LogP contribution >= 0.6 is 0 Å². The van der Waals surface area contributed by atoms with Gasteiger partial charge in [0.15, 0.2) is 0 Å². The largest absolute Gasteiger partial charge is 0.480 e. The number of anilines is 1. The number of hydrogen-bond donors (Lipinski definition) is 2. The van der Waals surface area contributed by atoms with Crippen molar-refractivity contribution in [2.75, 3.05) is 5.32 Å². The van der Waals surface area contributed by atoms with Crippen LogP contribution in [-0.2, 0) is 4.79 Å². The molecule has 3 nitrogen and oxygen atoms in total. The maximum atomic E-state index is 13.3. The van der Waals surface area contributed by atoms with Crippen LogP contribution in [0.3, 0.4) is 0 Å². The summed E-state index contributed by atoms with van der Waals surface area (Å²) in [5, 5.41) is 12.5. The minimum atomic E-state index is -0.945. The van der Waals surface area contributed by atoms with Crippen LogP contribution in [0, 0.1) is 18.7 Å².